The van der Waals surface area contributed by atoms with E-state index in [1.165, 1.54) is 0 Å². The Hall–Kier alpha value is -2.43. The number of carbonyl (C=O) groups excluding carboxylic acids is 3. The zero-order valence-corrected chi connectivity index (χ0v) is 12.6. The van der Waals surface area contributed by atoms with Crippen molar-refractivity contribution in [1.29, 1.82) is 0 Å². The van der Waals surface area contributed by atoms with Crippen molar-refractivity contribution in [3.8, 4) is 5.75 Å². The number of benzene rings is 1. The average Bonchev–Trinajstić information content (AvgIpc) is 2.82. The lowest BCUT2D eigenvalue weighted by Gasteiger charge is -2.19. The van der Waals surface area contributed by atoms with E-state index >= 15 is 0 Å². The first-order valence-corrected chi connectivity index (χ1v) is 7.04. The molecule has 0 bridgehead atoms. The third-order valence-electron chi connectivity index (χ3n) is 3.91. The first-order valence-electron chi connectivity index (χ1n) is 7.04. The molecule has 2 rings (SSSR count). The molecule has 0 aliphatic heterocycles. The molecule has 0 saturated heterocycles. The van der Waals surface area contributed by atoms with Crippen molar-refractivity contribution in [2.75, 3.05) is 7.11 Å². The van der Waals surface area contributed by atoms with Crippen molar-refractivity contribution < 1.29 is 23.9 Å². The summed E-state index contributed by atoms with van der Waals surface area (Å²) in [6, 6.07) is 6.58. The van der Waals surface area contributed by atoms with Gasteiger partial charge in [0, 0.05) is 18.8 Å². The molecule has 22 heavy (non-hydrogen) atoms. The molecule has 1 aromatic rings. The molecule has 0 N–H and O–H groups in total. The van der Waals surface area contributed by atoms with Gasteiger partial charge in [-0.2, -0.15) is 0 Å². The highest BCUT2D eigenvalue weighted by Gasteiger charge is 2.35. The van der Waals surface area contributed by atoms with Gasteiger partial charge in [0.25, 0.3) is 0 Å². The van der Waals surface area contributed by atoms with E-state index in [-0.39, 0.29) is 12.3 Å². The molecular formula is C17H18O5. The quantitative estimate of drug-likeness (QED) is 0.596. The summed E-state index contributed by atoms with van der Waals surface area (Å²) in [7, 11) is 1.55. The Morgan fingerprint density at radius 1 is 1.27 bits per heavy atom. The average molecular weight is 302 g/mol. The van der Waals surface area contributed by atoms with Gasteiger partial charge in [0.1, 0.15) is 24.4 Å². The Morgan fingerprint density at radius 3 is 2.50 bits per heavy atom. The van der Waals surface area contributed by atoms with Crippen molar-refractivity contribution in [2.24, 2.45) is 5.92 Å². The zero-order valence-electron chi connectivity index (χ0n) is 12.6. The fraction of sp³-hybridized carbons (Fsp3) is 0.353. The van der Waals surface area contributed by atoms with Crippen LogP contribution >= 0.6 is 0 Å². The summed E-state index contributed by atoms with van der Waals surface area (Å²) >= 11 is 0. The van der Waals surface area contributed by atoms with Crippen LogP contribution in [0.15, 0.2) is 35.4 Å². The molecule has 0 saturated carbocycles. The summed E-state index contributed by atoms with van der Waals surface area (Å²) < 4.78 is 10.5. The molecular weight excluding hydrogens is 284 g/mol. The van der Waals surface area contributed by atoms with Crippen molar-refractivity contribution in [3.05, 3.63) is 41.0 Å². The number of ether oxygens (including phenoxy) is 2. The third-order valence-corrected chi connectivity index (χ3v) is 3.91. The second-order valence-electron chi connectivity index (χ2n) is 5.24. The molecule has 0 amide bonds. The van der Waals surface area contributed by atoms with E-state index in [4.69, 9.17) is 9.47 Å². The molecule has 0 aromatic heterocycles. The molecule has 116 valence electrons. The Balaban J connectivity index is 2.10. The first kappa shape index (κ1) is 15.9. The van der Waals surface area contributed by atoms with Gasteiger partial charge in [-0.25, -0.2) is 4.79 Å². The normalized spacial score (nSPS) is 20.6. The largest absolute Gasteiger partial charge is 0.497 e. The van der Waals surface area contributed by atoms with Crippen LogP contribution in [0.4, 0.5) is 0 Å². The highest BCUT2D eigenvalue weighted by Crippen LogP contribution is 2.35. The summed E-state index contributed by atoms with van der Waals surface area (Å²) in [5.74, 6) is -0.169. The number of hydrogen-bond donors (Lipinski definition) is 0. The molecule has 1 aromatic carbocycles. The van der Waals surface area contributed by atoms with E-state index in [1.54, 1.807) is 31.4 Å². The number of esters is 1. The minimum absolute atomic E-state index is 0.173. The smallest absolute Gasteiger partial charge is 0.338 e. The fourth-order valence-corrected chi connectivity index (χ4v) is 2.71. The molecule has 0 unspecified atom stereocenters. The highest BCUT2D eigenvalue weighted by atomic mass is 16.5. The third kappa shape index (κ3) is 3.24. The van der Waals surface area contributed by atoms with Gasteiger partial charge in [-0.05, 0) is 36.8 Å². The molecule has 5 heteroatoms. The van der Waals surface area contributed by atoms with Gasteiger partial charge in [-0.3, -0.25) is 4.79 Å². The second-order valence-corrected chi connectivity index (χ2v) is 5.24. The molecule has 5 nitrogen and oxygen atoms in total. The van der Waals surface area contributed by atoms with Crippen LogP contribution in [0.3, 0.4) is 0 Å². The van der Waals surface area contributed by atoms with Crippen LogP contribution in [0.25, 0.3) is 0 Å². The Bertz CT molecular complexity index is 600. The lowest BCUT2D eigenvalue weighted by molar-refractivity contribution is -0.109. The van der Waals surface area contributed by atoms with Crippen LogP contribution in [-0.4, -0.2) is 31.8 Å². The molecule has 1 aliphatic rings. The monoisotopic (exact) mass is 302 g/mol. The number of rotatable bonds is 6. The van der Waals surface area contributed by atoms with E-state index in [1.807, 2.05) is 6.92 Å². The molecule has 1 aliphatic carbocycles. The Kier molecular flexibility index (Phi) is 5.09. The number of aldehydes is 2. The van der Waals surface area contributed by atoms with Crippen molar-refractivity contribution in [2.45, 2.75) is 25.9 Å². The van der Waals surface area contributed by atoms with Gasteiger partial charge < -0.3 is 14.3 Å². The van der Waals surface area contributed by atoms with E-state index < -0.39 is 12.1 Å². The maximum atomic E-state index is 12.2. The maximum Gasteiger partial charge on any atom is 0.338 e. The van der Waals surface area contributed by atoms with Gasteiger partial charge in [0.2, 0.25) is 0 Å². The lowest BCUT2D eigenvalue weighted by atomic mass is 9.96. The zero-order chi connectivity index (χ0) is 16.1. The van der Waals surface area contributed by atoms with Crippen LogP contribution in [0.2, 0.25) is 0 Å². The van der Waals surface area contributed by atoms with Crippen LogP contribution < -0.4 is 4.74 Å². The van der Waals surface area contributed by atoms with E-state index in [2.05, 4.69) is 0 Å². The van der Waals surface area contributed by atoms with Crippen LogP contribution in [0, 0.1) is 5.92 Å². The fourth-order valence-electron chi connectivity index (χ4n) is 2.71. The molecule has 0 fully saturated rings. The van der Waals surface area contributed by atoms with E-state index in [0.29, 0.717) is 23.3 Å². The molecule has 0 radical (unpaired) electrons. The van der Waals surface area contributed by atoms with Crippen LogP contribution in [0.5, 0.6) is 5.75 Å². The Labute approximate surface area is 128 Å². The van der Waals surface area contributed by atoms with Gasteiger partial charge >= 0.3 is 5.97 Å². The minimum Gasteiger partial charge on any atom is -0.497 e. The molecule has 0 spiro atoms. The molecule has 2 atom stereocenters. The van der Waals surface area contributed by atoms with E-state index in [9.17, 15) is 14.4 Å². The van der Waals surface area contributed by atoms with Crippen molar-refractivity contribution in [1.82, 2.24) is 0 Å². The minimum atomic E-state index is -0.472. The number of carbonyl (C=O) groups is 3. The number of hydrogen-bond acceptors (Lipinski definition) is 5. The summed E-state index contributed by atoms with van der Waals surface area (Å²) in [6.07, 6.45) is 1.69. The standard InChI is InChI=1S/C17H18O5/c1-11-9-16(14(7-8-18)15(11)10-19)22-17(20)12-3-5-13(21-2)6-4-12/h3-6,8,10,14,16H,7,9H2,1-2H3/t14-,16-/m1/s1. The summed E-state index contributed by atoms with van der Waals surface area (Å²) in [5.41, 5.74) is 1.84. The summed E-state index contributed by atoms with van der Waals surface area (Å²) in [6.45, 7) is 1.82. The first-order chi connectivity index (χ1) is 10.6. The van der Waals surface area contributed by atoms with E-state index in [0.717, 1.165) is 18.1 Å². The predicted molar refractivity (Wildman–Crippen MR) is 79.7 cm³/mol. The van der Waals surface area contributed by atoms with Gasteiger partial charge in [0.05, 0.1) is 12.7 Å². The predicted octanol–water partition coefficient (Wildman–Crippen LogP) is 2.34. The Morgan fingerprint density at radius 2 is 1.95 bits per heavy atom. The second kappa shape index (κ2) is 7.02. The highest BCUT2D eigenvalue weighted by molar-refractivity contribution is 5.90. The van der Waals surface area contributed by atoms with Crippen LogP contribution in [0.1, 0.15) is 30.1 Å². The topological polar surface area (TPSA) is 69.7 Å². The maximum absolute atomic E-state index is 12.2. The van der Waals surface area contributed by atoms with Gasteiger partial charge in [-0.1, -0.05) is 5.57 Å². The van der Waals surface area contributed by atoms with Crippen molar-refractivity contribution in [3.63, 3.8) is 0 Å². The van der Waals surface area contributed by atoms with Gasteiger partial charge in [0.15, 0.2) is 0 Å². The van der Waals surface area contributed by atoms with Gasteiger partial charge in [-0.15, -0.1) is 0 Å². The number of methoxy groups -OCH3 is 1. The van der Waals surface area contributed by atoms with Crippen LogP contribution in [-0.2, 0) is 14.3 Å². The lowest BCUT2D eigenvalue weighted by Crippen LogP contribution is -2.25. The molecule has 0 heterocycles. The SMILES string of the molecule is COc1ccc(C(=O)O[C@@H]2CC(C)=C(C=O)[C@H]2CC=O)cc1. The summed E-state index contributed by atoms with van der Waals surface area (Å²) in [5, 5.41) is 0. The van der Waals surface area contributed by atoms with Crippen molar-refractivity contribution >= 4 is 18.5 Å². The summed E-state index contributed by atoms with van der Waals surface area (Å²) in [4.78, 5) is 34.1.